The SMILES string of the molecule is CCOC(=O)[C@H]1CCCN(C(=O)c2c(CC)nn(-c3ccccc3C)c2CC)C1. The number of rotatable bonds is 6. The van der Waals surface area contributed by atoms with Gasteiger partial charge in [0.2, 0.25) is 0 Å². The minimum Gasteiger partial charge on any atom is -0.466 e. The third-order valence-electron chi connectivity index (χ3n) is 5.61. The first-order valence-electron chi connectivity index (χ1n) is 10.6. The van der Waals surface area contributed by atoms with Crippen LogP contribution in [0.2, 0.25) is 0 Å². The highest BCUT2D eigenvalue weighted by molar-refractivity contribution is 5.97. The van der Waals surface area contributed by atoms with Crippen LogP contribution in [-0.2, 0) is 22.4 Å². The molecule has 2 aromatic rings. The van der Waals surface area contributed by atoms with Crippen molar-refractivity contribution in [3.63, 3.8) is 0 Å². The van der Waals surface area contributed by atoms with Gasteiger partial charge in [0.25, 0.3) is 5.91 Å². The molecular formula is C23H31N3O3. The molecular weight excluding hydrogens is 366 g/mol. The Morgan fingerprint density at radius 3 is 2.59 bits per heavy atom. The highest BCUT2D eigenvalue weighted by atomic mass is 16.5. The van der Waals surface area contributed by atoms with Crippen molar-refractivity contribution >= 4 is 11.9 Å². The van der Waals surface area contributed by atoms with E-state index in [4.69, 9.17) is 9.84 Å². The fourth-order valence-electron chi connectivity index (χ4n) is 4.10. The number of hydrogen-bond acceptors (Lipinski definition) is 4. The Morgan fingerprint density at radius 1 is 1.17 bits per heavy atom. The first kappa shape index (κ1) is 21.1. The van der Waals surface area contributed by atoms with E-state index >= 15 is 0 Å². The van der Waals surface area contributed by atoms with Crippen molar-refractivity contribution in [2.75, 3.05) is 19.7 Å². The molecule has 3 rings (SSSR count). The van der Waals surface area contributed by atoms with Gasteiger partial charge in [-0.15, -0.1) is 0 Å². The summed E-state index contributed by atoms with van der Waals surface area (Å²) >= 11 is 0. The Balaban J connectivity index is 1.96. The standard InChI is InChI=1S/C23H31N3O3/c1-5-18-21(19(6-2)26(24-18)20-13-9-8-11-16(20)4)22(27)25-14-10-12-17(15-25)23(28)29-7-3/h8-9,11,13,17H,5-7,10,12,14-15H2,1-4H3/t17-/m0/s1. The van der Waals surface area contributed by atoms with Crippen molar-refractivity contribution in [3.05, 3.63) is 46.8 Å². The monoisotopic (exact) mass is 397 g/mol. The molecule has 0 aliphatic carbocycles. The number of ether oxygens (including phenoxy) is 1. The van der Waals surface area contributed by atoms with Gasteiger partial charge in [-0.05, 0) is 51.2 Å². The smallest absolute Gasteiger partial charge is 0.310 e. The van der Waals surface area contributed by atoms with Gasteiger partial charge >= 0.3 is 5.97 Å². The lowest BCUT2D eigenvalue weighted by Gasteiger charge is -2.31. The second-order valence-corrected chi connectivity index (χ2v) is 7.52. The third-order valence-corrected chi connectivity index (χ3v) is 5.61. The number of carbonyl (C=O) groups excluding carboxylic acids is 2. The average Bonchev–Trinajstić information content (AvgIpc) is 3.12. The van der Waals surface area contributed by atoms with Gasteiger partial charge in [0.1, 0.15) is 0 Å². The van der Waals surface area contributed by atoms with E-state index in [-0.39, 0.29) is 17.8 Å². The van der Waals surface area contributed by atoms with Crippen molar-refractivity contribution in [1.82, 2.24) is 14.7 Å². The van der Waals surface area contributed by atoms with E-state index in [0.29, 0.717) is 38.1 Å². The lowest BCUT2D eigenvalue weighted by atomic mass is 9.97. The summed E-state index contributed by atoms with van der Waals surface area (Å²) in [6.07, 6.45) is 2.97. The topological polar surface area (TPSA) is 64.4 Å². The summed E-state index contributed by atoms with van der Waals surface area (Å²) < 4.78 is 7.11. The molecule has 2 heterocycles. The number of likely N-dealkylation sites (tertiary alicyclic amines) is 1. The molecule has 1 amide bonds. The fourth-order valence-corrected chi connectivity index (χ4v) is 4.10. The zero-order valence-electron chi connectivity index (χ0n) is 17.9. The highest BCUT2D eigenvalue weighted by Crippen LogP contribution is 2.26. The molecule has 156 valence electrons. The molecule has 6 heteroatoms. The Labute approximate surface area is 172 Å². The van der Waals surface area contributed by atoms with E-state index in [1.807, 2.05) is 41.6 Å². The number of nitrogens with zero attached hydrogens (tertiary/aromatic N) is 3. The van der Waals surface area contributed by atoms with Crippen LogP contribution >= 0.6 is 0 Å². The number of carbonyl (C=O) groups is 2. The van der Waals surface area contributed by atoms with Crippen molar-refractivity contribution in [3.8, 4) is 5.69 Å². The van der Waals surface area contributed by atoms with Crippen LogP contribution in [0.4, 0.5) is 0 Å². The largest absolute Gasteiger partial charge is 0.466 e. The Kier molecular flexibility index (Phi) is 6.72. The van der Waals surface area contributed by atoms with E-state index in [9.17, 15) is 9.59 Å². The van der Waals surface area contributed by atoms with E-state index in [0.717, 1.165) is 35.5 Å². The summed E-state index contributed by atoms with van der Waals surface area (Å²) in [5.41, 5.74) is 4.56. The minimum absolute atomic E-state index is 0.0208. The van der Waals surface area contributed by atoms with Crippen LogP contribution < -0.4 is 0 Å². The van der Waals surface area contributed by atoms with Crippen LogP contribution in [0.1, 0.15) is 60.9 Å². The molecule has 6 nitrogen and oxygen atoms in total. The molecule has 1 fully saturated rings. The Morgan fingerprint density at radius 2 is 1.93 bits per heavy atom. The molecule has 0 radical (unpaired) electrons. The molecule has 0 unspecified atom stereocenters. The molecule has 0 saturated carbocycles. The average molecular weight is 398 g/mol. The van der Waals surface area contributed by atoms with E-state index in [1.54, 1.807) is 0 Å². The summed E-state index contributed by atoms with van der Waals surface area (Å²) in [7, 11) is 0. The second-order valence-electron chi connectivity index (χ2n) is 7.52. The van der Waals surface area contributed by atoms with Gasteiger partial charge in [-0.25, -0.2) is 4.68 Å². The Hall–Kier alpha value is -2.63. The number of piperidine rings is 1. The van der Waals surface area contributed by atoms with Crippen LogP contribution in [0, 0.1) is 12.8 Å². The maximum Gasteiger partial charge on any atom is 0.310 e. The van der Waals surface area contributed by atoms with Gasteiger partial charge in [0.15, 0.2) is 0 Å². The molecule has 0 spiro atoms. The van der Waals surface area contributed by atoms with Gasteiger partial charge < -0.3 is 9.64 Å². The zero-order chi connectivity index (χ0) is 21.0. The van der Waals surface area contributed by atoms with Gasteiger partial charge in [-0.3, -0.25) is 9.59 Å². The molecule has 29 heavy (non-hydrogen) atoms. The summed E-state index contributed by atoms with van der Waals surface area (Å²) in [4.78, 5) is 27.5. The van der Waals surface area contributed by atoms with Gasteiger partial charge in [0.05, 0.1) is 35.2 Å². The predicted molar refractivity (Wildman–Crippen MR) is 112 cm³/mol. The van der Waals surface area contributed by atoms with Crippen molar-refractivity contribution in [2.24, 2.45) is 5.92 Å². The first-order valence-corrected chi connectivity index (χ1v) is 10.6. The molecule has 1 aromatic heterocycles. The molecule has 1 saturated heterocycles. The predicted octanol–water partition coefficient (Wildman–Crippen LogP) is 3.72. The lowest BCUT2D eigenvalue weighted by Crippen LogP contribution is -2.43. The van der Waals surface area contributed by atoms with E-state index in [1.165, 1.54) is 0 Å². The summed E-state index contributed by atoms with van der Waals surface area (Å²) in [5.74, 6) is -0.464. The molecule has 1 aliphatic rings. The quantitative estimate of drug-likeness (QED) is 0.697. The number of hydrogen-bond donors (Lipinski definition) is 0. The van der Waals surface area contributed by atoms with Crippen LogP contribution in [0.25, 0.3) is 5.69 Å². The number of amides is 1. The maximum absolute atomic E-state index is 13.5. The molecule has 1 aromatic carbocycles. The summed E-state index contributed by atoms with van der Waals surface area (Å²) in [6.45, 7) is 9.39. The highest BCUT2D eigenvalue weighted by Gasteiger charge is 2.33. The third kappa shape index (κ3) is 4.21. The normalized spacial score (nSPS) is 16.7. The molecule has 0 bridgehead atoms. The molecule has 1 aliphatic heterocycles. The Bertz CT molecular complexity index is 887. The number of benzene rings is 1. The van der Waals surface area contributed by atoms with Gasteiger partial charge in [0, 0.05) is 13.1 Å². The zero-order valence-corrected chi connectivity index (χ0v) is 17.9. The van der Waals surface area contributed by atoms with Crippen LogP contribution in [0.5, 0.6) is 0 Å². The summed E-state index contributed by atoms with van der Waals surface area (Å²) in [6, 6.07) is 8.08. The number of esters is 1. The number of aryl methyl sites for hydroxylation is 2. The maximum atomic E-state index is 13.5. The van der Waals surface area contributed by atoms with Crippen LogP contribution in [0.3, 0.4) is 0 Å². The second kappa shape index (κ2) is 9.25. The van der Waals surface area contributed by atoms with Crippen molar-refractivity contribution < 1.29 is 14.3 Å². The van der Waals surface area contributed by atoms with E-state index in [2.05, 4.69) is 19.9 Å². The van der Waals surface area contributed by atoms with Gasteiger partial charge in [-0.1, -0.05) is 32.0 Å². The van der Waals surface area contributed by atoms with E-state index < -0.39 is 0 Å². The van der Waals surface area contributed by atoms with Crippen LogP contribution in [-0.4, -0.2) is 46.3 Å². The van der Waals surface area contributed by atoms with Gasteiger partial charge in [-0.2, -0.15) is 5.10 Å². The van der Waals surface area contributed by atoms with Crippen molar-refractivity contribution in [2.45, 2.75) is 53.4 Å². The lowest BCUT2D eigenvalue weighted by molar-refractivity contribution is -0.149. The number of para-hydroxylation sites is 1. The summed E-state index contributed by atoms with van der Waals surface area (Å²) in [5, 5.41) is 4.81. The van der Waals surface area contributed by atoms with Crippen molar-refractivity contribution in [1.29, 1.82) is 0 Å². The van der Waals surface area contributed by atoms with Crippen LogP contribution in [0.15, 0.2) is 24.3 Å². The molecule has 0 N–H and O–H groups in total. The minimum atomic E-state index is -0.241. The first-order chi connectivity index (χ1) is 14.0. The number of aromatic nitrogens is 2. The fraction of sp³-hybridized carbons (Fsp3) is 0.522. The molecule has 1 atom stereocenters.